The molecule has 1 amide bonds. The average molecular weight is 324 g/mol. The van der Waals surface area contributed by atoms with Gasteiger partial charge in [-0.25, -0.2) is 4.39 Å². The lowest BCUT2D eigenvalue weighted by atomic mass is 9.94. The van der Waals surface area contributed by atoms with Gasteiger partial charge in [-0.05, 0) is 36.8 Å². The zero-order valence-corrected chi connectivity index (χ0v) is 13.2. The predicted octanol–water partition coefficient (Wildman–Crippen LogP) is 2.88. The van der Waals surface area contributed by atoms with Crippen molar-refractivity contribution in [1.29, 1.82) is 0 Å². The number of pyridine rings is 2. The quantitative estimate of drug-likeness (QED) is 0.771. The van der Waals surface area contributed by atoms with Crippen LogP contribution in [0.3, 0.4) is 0 Å². The first kappa shape index (κ1) is 16.0. The van der Waals surface area contributed by atoms with Gasteiger partial charge in [-0.15, -0.1) is 0 Å². The number of hydrogen-bond donors (Lipinski definition) is 2. The Balaban J connectivity index is 2.48. The molecular formula is C18H17FN4O. The summed E-state index contributed by atoms with van der Waals surface area (Å²) in [5, 5.41) is 0.503. The minimum Gasteiger partial charge on any atom is -0.366 e. The molecule has 1 atom stereocenters. The Kier molecular flexibility index (Phi) is 4.22. The molecule has 0 aliphatic carbocycles. The number of amides is 1. The molecule has 122 valence electrons. The van der Waals surface area contributed by atoms with Gasteiger partial charge in [0.2, 0.25) is 5.91 Å². The Hall–Kier alpha value is -2.86. The number of hydrogen-bond acceptors (Lipinski definition) is 4. The van der Waals surface area contributed by atoms with E-state index in [4.69, 9.17) is 11.5 Å². The first-order valence-electron chi connectivity index (χ1n) is 7.52. The number of carbonyl (C=O) groups excluding carboxylic acids is 1. The molecule has 3 aromatic rings. The van der Waals surface area contributed by atoms with E-state index in [-0.39, 0.29) is 5.56 Å². The van der Waals surface area contributed by atoms with Gasteiger partial charge >= 0.3 is 0 Å². The Morgan fingerprint density at radius 2 is 2.08 bits per heavy atom. The summed E-state index contributed by atoms with van der Waals surface area (Å²) in [4.78, 5) is 21.1. The molecule has 0 aliphatic heterocycles. The topological polar surface area (TPSA) is 94.9 Å². The normalized spacial score (nSPS) is 12.3. The van der Waals surface area contributed by atoms with Crippen LogP contribution in [0.2, 0.25) is 0 Å². The zero-order valence-electron chi connectivity index (χ0n) is 13.2. The highest BCUT2D eigenvalue weighted by Gasteiger charge is 2.23. The van der Waals surface area contributed by atoms with Gasteiger partial charge in [0.15, 0.2) is 0 Å². The Labute approximate surface area is 138 Å². The number of alkyl halides is 1. The molecule has 0 fully saturated rings. The number of rotatable bonds is 4. The lowest BCUT2D eigenvalue weighted by molar-refractivity contribution is 0.100. The first-order valence-corrected chi connectivity index (χ1v) is 7.52. The van der Waals surface area contributed by atoms with Crippen molar-refractivity contribution in [3.05, 3.63) is 59.4 Å². The van der Waals surface area contributed by atoms with Crippen LogP contribution in [0.1, 0.15) is 34.6 Å². The molecular weight excluding hydrogens is 307 g/mol. The second-order valence-corrected chi connectivity index (χ2v) is 5.60. The maximum absolute atomic E-state index is 13.0. The van der Waals surface area contributed by atoms with Crippen molar-refractivity contribution >= 4 is 16.8 Å². The monoisotopic (exact) mass is 324 g/mol. The molecule has 0 saturated heterocycles. The number of benzene rings is 1. The van der Waals surface area contributed by atoms with Crippen LogP contribution in [0.25, 0.3) is 22.2 Å². The van der Waals surface area contributed by atoms with Crippen molar-refractivity contribution in [2.75, 3.05) is 0 Å². The van der Waals surface area contributed by atoms with Crippen LogP contribution in [0.15, 0.2) is 42.6 Å². The molecule has 5 nitrogen and oxygen atoms in total. The number of aromatic nitrogens is 2. The summed E-state index contributed by atoms with van der Waals surface area (Å²) in [6, 6.07) is 9.82. The smallest absolute Gasteiger partial charge is 0.250 e. The van der Waals surface area contributed by atoms with Gasteiger partial charge in [0.1, 0.15) is 6.67 Å². The third kappa shape index (κ3) is 2.72. The van der Waals surface area contributed by atoms with Crippen molar-refractivity contribution in [1.82, 2.24) is 9.97 Å². The van der Waals surface area contributed by atoms with E-state index in [1.165, 1.54) is 0 Å². The van der Waals surface area contributed by atoms with Crippen molar-refractivity contribution in [2.45, 2.75) is 19.6 Å². The van der Waals surface area contributed by atoms with E-state index in [0.717, 1.165) is 0 Å². The van der Waals surface area contributed by atoms with Crippen molar-refractivity contribution < 1.29 is 9.18 Å². The molecule has 0 aliphatic rings. The molecule has 0 spiro atoms. The summed E-state index contributed by atoms with van der Waals surface area (Å²) in [6.07, 6.45) is 1.62. The Morgan fingerprint density at radius 1 is 1.29 bits per heavy atom. The molecule has 3 rings (SSSR count). The van der Waals surface area contributed by atoms with Crippen LogP contribution in [-0.2, 0) is 6.67 Å². The van der Waals surface area contributed by atoms with E-state index >= 15 is 0 Å². The Morgan fingerprint density at radius 3 is 2.67 bits per heavy atom. The summed E-state index contributed by atoms with van der Waals surface area (Å²) in [5.41, 5.74) is 14.6. The van der Waals surface area contributed by atoms with E-state index in [1.807, 2.05) is 0 Å². The predicted molar refractivity (Wildman–Crippen MR) is 90.9 cm³/mol. The fourth-order valence-corrected chi connectivity index (χ4v) is 2.77. The van der Waals surface area contributed by atoms with E-state index in [0.29, 0.717) is 33.4 Å². The summed E-state index contributed by atoms with van der Waals surface area (Å²) in [7, 11) is 0. The van der Waals surface area contributed by atoms with Crippen LogP contribution in [-0.4, -0.2) is 15.9 Å². The number of nitrogens with zero attached hydrogens (tertiary/aromatic N) is 2. The van der Waals surface area contributed by atoms with E-state index in [2.05, 4.69) is 9.97 Å². The largest absolute Gasteiger partial charge is 0.366 e. The number of carbonyl (C=O) groups is 1. The lowest BCUT2D eigenvalue weighted by Gasteiger charge is -2.17. The fourth-order valence-electron chi connectivity index (χ4n) is 2.77. The van der Waals surface area contributed by atoms with Crippen LogP contribution in [0.5, 0.6) is 0 Å². The van der Waals surface area contributed by atoms with Gasteiger partial charge in [0, 0.05) is 23.2 Å². The summed E-state index contributed by atoms with van der Waals surface area (Å²) < 4.78 is 13.0. The third-order valence-corrected chi connectivity index (χ3v) is 3.83. The standard InChI is InChI=1S/C18H17FN4O/c1-10(20)17-16(14-4-2-3-7-22-14)15(18(21)24)12-8-11(9-19)5-6-13(12)23-17/h2-8,10H,9,20H2,1H3,(H2,21,24). The van der Waals surface area contributed by atoms with Crippen LogP contribution in [0, 0.1) is 0 Å². The number of fused-ring (bicyclic) bond motifs is 1. The highest BCUT2D eigenvalue weighted by Crippen LogP contribution is 2.33. The summed E-state index contributed by atoms with van der Waals surface area (Å²) in [6.45, 7) is 1.14. The molecule has 0 saturated carbocycles. The molecule has 2 heterocycles. The number of nitrogens with two attached hydrogens (primary N) is 2. The van der Waals surface area contributed by atoms with Crippen molar-refractivity contribution in [3.8, 4) is 11.3 Å². The third-order valence-electron chi connectivity index (χ3n) is 3.83. The van der Waals surface area contributed by atoms with E-state index in [9.17, 15) is 9.18 Å². The molecule has 1 unspecified atom stereocenters. The number of primary amides is 1. The molecule has 2 aromatic heterocycles. The molecule has 4 N–H and O–H groups in total. The van der Waals surface area contributed by atoms with Crippen LogP contribution in [0.4, 0.5) is 4.39 Å². The SMILES string of the molecule is CC(N)c1nc2ccc(CF)cc2c(C(N)=O)c1-c1ccccn1. The fraction of sp³-hybridized carbons (Fsp3) is 0.167. The van der Waals surface area contributed by atoms with Crippen LogP contribution >= 0.6 is 0 Å². The van der Waals surface area contributed by atoms with Gasteiger partial charge in [-0.1, -0.05) is 12.1 Å². The van der Waals surface area contributed by atoms with E-state index < -0.39 is 18.6 Å². The molecule has 6 heteroatoms. The van der Waals surface area contributed by atoms with Crippen molar-refractivity contribution in [3.63, 3.8) is 0 Å². The lowest BCUT2D eigenvalue weighted by Crippen LogP contribution is -2.18. The van der Waals surface area contributed by atoms with Crippen molar-refractivity contribution in [2.24, 2.45) is 11.5 Å². The zero-order chi connectivity index (χ0) is 17.3. The number of halogens is 1. The van der Waals surface area contributed by atoms with Gasteiger partial charge in [0.05, 0.1) is 22.5 Å². The van der Waals surface area contributed by atoms with Gasteiger partial charge in [-0.3, -0.25) is 14.8 Å². The maximum Gasteiger partial charge on any atom is 0.250 e. The minimum atomic E-state index is -0.637. The average Bonchev–Trinajstić information content (AvgIpc) is 2.59. The summed E-state index contributed by atoms with van der Waals surface area (Å²) in [5.74, 6) is -0.624. The van der Waals surface area contributed by atoms with Gasteiger partial charge in [-0.2, -0.15) is 0 Å². The Bertz CT molecular complexity index is 910. The highest BCUT2D eigenvalue weighted by atomic mass is 19.1. The van der Waals surface area contributed by atoms with E-state index in [1.54, 1.807) is 49.5 Å². The second kappa shape index (κ2) is 6.33. The molecule has 24 heavy (non-hydrogen) atoms. The molecule has 1 aromatic carbocycles. The first-order chi connectivity index (χ1) is 11.5. The highest BCUT2D eigenvalue weighted by molar-refractivity contribution is 6.11. The molecule has 0 radical (unpaired) electrons. The maximum atomic E-state index is 13.0. The summed E-state index contributed by atoms with van der Waals surface area (Å²) >= 11 is 0. The van der Waals surface area contributed by atoms with Gasteiger partial charge in [0.25, 0.3) is 0 Å². The van der Waals surface area contributed by atoms with Crippen LogP contribution < -0.4 is 11.5 Å². The minimum absolute atomic E-state index is 0.265. The molecule has 0 bridgehead atoms. The van der Waals surface area contributed by atoms with Gasteiger partial charge < -0.3 is 11.5 Å². The second-order valence-electron chi connectivity index (χ2n) is 5.60.